The SMILES string of the molecule is COC(=O)c1sc(NC(=O)c2cc(C)ccc2C)c(C#N)c1C. The number of benzene rings is 1. The number of nitrogens with one attached hydrogen (secondary N) is 1. The van der Waals surface area contributed by atoms with Gasteiger partial charge in [0.1, 0.15) is 15.9 Å². The molecule has 6 heteroatoms. The Labute approximate surface area is 138 Å². The summed E-state index contributed by atoms with van der Waals surface area (Å²) in [5, 5.41) is 12.4. The van der Waals surface area contributed by atoms with Gasteiger partial charge in [0.2, 0.25) is 0 Å². The van der Waals surface area contributed by atoms with E-state index in [0.29, 0.717) is 21.0 Å². The van der Waals surface area contributed by atoms with Crippen LogP contribution in [0.2, 0.25) is 0 Å². The molecule has 2 rings (SSSR count). The molecule has 1 aromatic heterocycles. The summed E-state index contributed by atoms with van der Waals surface area (Å²) < 4.78 is 4.70. The van der Waals surface area contributed by atoms with Crippen LogP contribution in [0.1, 0.15) is 42.3 Å². The number of ether oxygens (including phenoxy) is 1. The number of carbonyl (C=O) groups is 2. The highest BCUT2D eigenvalue weighted by atomic mass is 32.1. The Bertz CT molecular complexity index is 831. The lowest BCUT2D eigenvalue weighted by Crippen LogP contribution is -2.13. The van der Waals surface area contributed by atoms with Crippen LogP contribution in [0.4, 0.5) is 5.00 Å². The molecule has 0 bridgehead atoms. The van der Waals surface area contributed by atoms with Gasteiger partial charge in [-0.1, -0.05) is 17.7 Å². The molecule has 0 saturated carbocycles. The Kier molecular flexibility index (Phi) is 4.82. The zero-order valence-electron chi connectivity index (χ0n) is 13.3. The lowest BCUT2D eigenvalue weighted by molar-refractivity contribution is 0.0605. The summed E-state index contributed by atoms with van der Waals surface area (Å²) in [5.74, 6) is -0.823. The van der Waals surface area contributed by atoms with Gasteiger partial charge in [0.05, 0.1) is 12.7 Å². The fraction of sp³-hybridized carbons (Fsp3) is 0.235. The molecule has 2 aromatic rings. The van der Waals surface area contributed by atoms with Crippen LogP contribution in [0.25, 0.3) is 0 Å². The number of methoxy groups -OCH3 is 1. The number of hydrogen-bond acceptors (Lipinski definition) is 5. The molecule has 1 aromatic carbocycles. The van der Waals surface area contributed by atoms with E-state index in [-0.39, 0.29) is 11.5 Å². The highest BCUT2D eigenvalue weighted by molar-refractivity contribution is 7.18. The molecule has 0 spiro atoms. The Morgan fingerprint density at radius 2 is 1.96 bits per heavy atom. The topological polar surface area (TPSA) is 79.2 Å². The molecule has 1 amide bonds. The first-order chi connectivity index (χ1) is 10.9. The summed E-state index contributed by atoms with van der Waals surface area (Å²) in [5.41, 5.74) is 3.15. The second-order valence-corrected chi connectivity index (χ2v) is 6.16. The molecule has 0 fully saturated rings. The second kappa shape index (κ2) is 6.63. The van der Waals surface area contributed by atoms with Crippen molar-refractivity contribution in [3.63, 3.8) is 0 Å². The van der Waals surface area contributed by atoms with Gasteiger partial charge >= 0.3 is 5.97 Å². The number of thiophene rings is 1. The van der Waals surface area contributed by atoms with E-state index in [4.69, 9.17) is 4.74 Å². The number of nitrogens with zero attached hydrogens (tertiary/aromatic N) is 1. The predicted octanol–water partition coefficient (Wildman–Crippen LogP) is 3.58. The van der Waals surface area contributed by atoms with Crippen LogP contribution < -0.4 is 5.32 Å². The van der Waals surface area contributed by atoms with Crippen molar-refractivity contribution in [2.45, 2.75) is 20.8 Å². The number of amides is 1. The Hall–Kier alpha value is -2.65. The van der Waals surface area contributed by atoms with E-state index in [9.17, 15) is 14.9 Å². The van der Waals surface area contributed by atoms with Gasteiger partial charge < -0.3 is 10.1 Å². The zero-order chi connectivity index (χ0) is 17.1. The maximum atomic E-state index is 12.5. The number of anilines is 1. The van der Waals surface area contributed by atoms with Gasteiger partial charge in [0.15, 0.2) is 0 Å². The molecular weight excluding hydrogens is 312 g/mol. The maximum Gasteiger partial charge on any atom is 0.348 e. The van der Waals surface area contributed by atoms with Crippen molar-refractivity contribution in [1.82, 2.24) is 0 Å². The van der Waals surface area contributed by atoms with E-state index < -0.39 is 5.97 Å². The minimum atomic E-state index is -0.517. The van der Waals surface area contributed by atoms with Crippen LogP contribution in [0, 0.1) is 32.1 Å². The van der Waals surface area contributed by atoms with Crippen molar-refractivity contribution < 1.29 is 14.3 Å². The zero-order valence-corrected chi connectivity index (χ0v) is 14.1. The summed E-state index contributed by atoms with van der Waals surface area (Å²) in [4.78, 5) is 24.5. The fourth-order valence-electron chi connectivity index (χ4n) is 2.17. The Morgan fingerprint density at radius 1 is 1.26 bits per heavy atom. The highest BCUT2D eigenvalue weighted by Crippen LogP contribution is 2.33. The average Bonchev–Trinajstić information content (AvgIpc) is 2.84. The van der Waals surface area contributed by atoms with Crippen molar-refractivity contribution in [1.29, 1.82) is 5.26 Å². The van der Waals surface area contributed by atoms with Crippen LogP contribution in [0.3, 0.4) is 0 Å². The molecule has 5 nitrogen and oxygen atoms in total. The Morgan fingerprint density at radius 3 is 2.57 bits per heavy atom. The molecule has 0 radical (unpaired) electrons. The van der Waals surface area contributed by atoms with E-state index in [0.717, 1.165) is 22.5 Å². The molecule has 1 N–H and O–H groups in total. The third-order valence-electron chi connectivity index (χ3n) is 3.49. The first kappa shape index (κ1) is 16.7. The third-order valence-corrected chi connectivity index (χ3v) is 4.68. The maximum absolute atomic E-state index is 12.5. The minimum Gasteiger partial charge on any atom is -0.465 e. The fourth-order valence-corrected chi connectivity index (χ4v) is 3.24. The van der Waals surface area contributed by atoms with E-state index >= 15 is 0 Å². The van der Waals surface area contributed by atoms with Gasteiger partial charge in [0.25, 0.3) is 5.91 Å². The van der Waals surface area contributed by atoms with Crippen LogP contribution >= 0.6 is 11.3 Å². The van der Waals surface area contributed by atoms with Crippen molar-refractivity contribution in [3.05, 3.63) is 50.9 Å². The largest absolute Gasteiger partial charge is 0.465 e. The molecule has 0 aliphatic rings. The van der Waals surface area contributed by atoms with Gasteiger partial charge in [-0.05, 0) is 38.0 Å². The number of carbonyl (C=O) groups excluding carboxylic acids is 2. The minimum absolute atomic E-state index is 0.286. The summed E-state index contributed by atoms with van der Waals surface area (Å²) in [6.45, 7) is 5.41. The lowest BCUT2D eigenvalue weighted by Gasteiger charge is -2.07. The number of esters is 1. The first-order valence-corrected chi connectivity index (χ1v) is 7.71. The molecule has 0 unspecified atom stereocenters. The van der Waals surface area contributed by atoms with Crippen LogP contribution in [-0.4, -0.2) is 19.0 Å². The molecule has 0 saturated heterocycles. The smallest absolute Gasteiger partial charge is 0.348 e. The third kappa shape index (κ3) is 3.25. The highest BCUT2D eigenvalue weighted by Gasteiger charge is 2.22. The summed E-state index contributed by atoms with van der Waals surface area (Å²) in [6, 6.07) is 7.62. The van der Waals surface area contributed by atoms with E-state index in [1.54, 1.807) is 13.0 Å². The standard InChI is InChI=1S/C17H16N2O3S/c1-9-5-6-10(2)12(7-9)15(20)19-16-13(8-18)11(3)14(23-16)17(21)22-4/h5-7H,1-4H3,(H,19,20). The van der Waals surface area contributed by atoms with E-state index in [1.165, 1.54) is 7.11 Å². The molecule has 1 heterocycles. The van der Waals surface area contributed by atoms with Gasteiger partial charge in [-0.3, -0.25) is 4.79 Å². The van der Waals surface area contributed by atoms with Crippen LogP contribution in [0.15, 0.2) is 18.2 Å². The van der Waals surface area contributed by atoms with Gasteiger partial charge in [-0.15, -0.1) is 11.3 Å². The van der Waals surface area contributed by atoms with Gasteiger partial charge in [0, 0.05) is 5.56 Å². The number of hydrogen-bond donors (Lipinski definition) is 1. The molecule has 0 aliphatic carbocycles. The van der Waals surface area contributed by atoms with E-state index in [2.05, 4.69) is 5.32 Å². The molecule has 0 atom stereocenters. The van der Waals surface area contributed by atoms with Crippen LogP contribution in [0.5, 0.6) is 0 Å². The second-order valence-electron chi connectivity index (χ2n) is 5.14. The first-order valence-electron chi connectivity index (χ1n) is 6.89. The summed E-state index contributed by atoms with van der Waals surface area (Å²) in [7, 11) is 1.28. The Balaban J connectivity index is 2.40. The molecule has 118 valence electrons. The van der Waals surface area contributed by atoms with E-state index in [1.807, 2.05) is 32.0 Å². The molecule has 0 aliphatic heterocycles. The number of aryl methyl sites for hydroxylation is 2. The van der Waals surface area contributed by atoms with Crippen molar-refractivity contribution >= 4 is 28.2 Å². The van der Waals surface area contributed by atoms with Crippen molar-refractivity contribution in [3.8, 4) is 6.07 Å². The van der Waals surface area contributed by atoms with Gasteiger partial charge in [-0.2, -0.15) is 5.26 Å². The summed E-state index contributed by atoms with van der Waals surface area (Å²) in [6.07, 6.45) is 0. The summed E-state index contributed by atoms with van der Waals surface area (Å²) >= 11 is 1.05. The lowest BCUT2D eigenvalue weighted by atomic mass is 10.1. The van der Waals surface area contributed by atoms with Gasteiger partial charge in [-0.25, -0.2) is 4.79 Å². The van der Waals surface area contributed by atoms with Crippen LogP contribution in [-0.2, 0) is 4.74 Å². The van der Waals surface area contributed by atoms with Crippen molar-refractivity contribution in [2.24, 2.45) is 0 Å². The monoisotopic (exact) mass is 328 g/mol. The molecule has 23 heavy (non-hydrogen) atoms. The average molecular weight is 328 g/mol. The number of rotatable bonds is 3. The quantitative estimate of drug-likeness (QED) is 0.873. The predicted molar refractivity (Wildman–Crippen MR) is 89.0 cm³/mol. The normalized spacial score (nSPS) is 10.0. The molecular formula is C17H16N2O3S. The van der Waals surface area contributed by atoms with Crippen molar-refractivity contribution in [2.75, 3.05) is 12.4 Å². The number of nitriles is 1.